The number of ketones is 3. The molecule has 0 spiro atoms. The summed E-state index contributed by atoms with van der Waals surface area (Å²) in [4.78, 5) is 66.8. The van der Waals surface area contributed by atoms with E-state index in [2.05, 4.69) is 287 Å². The standard InChI is InChI=1S/C27H25N5O3S.C19H20N2O.2C18H15P.C14H16BrNO.C10H8N2O2S.C5H6BNO2.2ClH.Pd/c1-34-24-14-19-21(15-25(24)35-2)31-27(36)32(26(19)28)11-3-4-23(33)22-13-18-12-17(5-6-20(18)30-22)16-7-9-29-10-8-16;1-2-3-4-5-19(22)18-13-16-12-15(6-7-17(16)21-18)14-8-10-20-11-9-14;2*1-4-10-16(11-5-1)19(17-12-6-2-7-13-17)18-14-8-3-9-15-18;1-2-3-4-5-14(17)13-9-10-8-11(15)6-7-12(10)16-13;1-13-9-3-7(5-11)8(12-6-15)4-10(9)14-2;8-6(9)5-1-3-7-4-2-5;;;/h5-10,12-15,30H,3-4,11,28H2,1-2H3;6-13,21H,2-5H2,1H3;2*1-15H;6-9,16H,2-5H2,1H3;3-4H,1-2H3;1-4,8-9H;2*1H;/q;;;;;;;;;+2/p-2. The first-order valence-electron chi connectivity index (χ1n) is 44.9. The number of nitriles is 1. The van der Waals surface area contributed by atoms with Crippen LogP contribution in [0.25, 0.3) is 65.9 Å². The number of nitrogen functional groups attached to an aromatic ring is 1. The van der Waals surface area contributed by atoms with Gasteiger partial charge in [0.05, 0.1) is 67.4 Å². The second-order valence-electron chi connectivity index (χ2n) is 31.2. The van der Waals surface area contributed by atoms with Crippen LogP contribution in [-0.2, 0) is 22.5 Å². The van der Waals surface area contributed by atoms with Crippen molar-refractivity contribution in [3.8, 4) is 51.3 Å². The molecule has 7 N–H and O–H groups in total. The van der Waals surface area contributed by atoms with Gasteiger partial charge in [0.1, 0.15) is 11.9 Å². The number of H-pyrrole nitrogens is 3. The molecule has 0 unspecified atom stereocenters. The van der Waals surface area contributed by atoms with Crippen molar-refractivity contribution in [1.82, 2.24) is 39.5 Å². The number of thiocarbonyl (C=S) groups is 1. The number of anilines is 1. The average Bonchev–Trinajstić information content (AvgIpc) is 1.75. The number of hydrogen-bond acceptors (Lipinski definition) is 18. The minimum Gasteiger partial charge on any atom is -0.0622 e. The Morgan fingerprint density at radius 3 is 1.16 bits per heavy atom. The van der Waals surface area contributed by atoms with Crippen molar-refractivity contribution in [2.24, 2.45) is 4.99 Å². The maximum Gasteiger partial charge on any atom is -0.0134 e. The van der Waals surface area contributed by atoms with Gasteiger partial charge in [-0.1, -0.05) is 250 Å². The van der Waals surface area contributed by atoms with Gasteiger partial charge < -0.3 is 54.2 Å². The van der Waals surface area contributed by atoms with Gasteiger partial charge in [-0.15, -0.1) is 0 Å². The number of aromatic amines is 3. The molecule has 0 radical (unpaired) electrons. The van der Waals surface area contributed by atoms with Crippen LogP contribution in [0.2, 0.25) is 0 Å². The quantitative estimate of drug-likeness (QED) is 0.00634. The number of carbonyl (C=O) groups excluding carboxylic acids is 3. The average molecular weight is 2130 g/mol. The van der Waals surface area contributed by atoms with Crippen molar-refractivity contribution in [1.29, 1.82) is 5.26 Å². The number of halogens is 3. The number of nitrogens with two attached hydrogens (primary N) is 1. The van der Waals surface area contributed by atoms with Gasteiger partial charge in [0.2, 0.25) is 4.77 Å². The molecule has 0 bridgehead atoms. The number of Topliss-reactive ketones (excluding diaryl/α,β-unsaturated/α-hetero) is 3. The molecule has 0 amide bonds. The van der Waals surface area contributed by atoms with E-state index in [1.807, 2.05) is 84.9 Å². The van der Waals surface area contributed by atoms with Crippen molar-refractivity contribution >= 4 is 197 Å². The van der Waals surface area contributed by atoms with Crippen LogP contribution >= 0.6 is 75.3 Å². The molecule has 11 aromatic carbocycles. The van der Waals surface area contributed by atoms with E-state index in [9.17, 15) is 14.4 Å². The number of rotatable bonds is 29. The van der Waals surface area contributed by atoms with Gasteiger partial charge in [0, 0.05) is 124 Å². The topological polar surface area (TPSA) is 295 Å². The Labute approximate surface area is 853 Å². The molecule has 0 atom stereocenters. The van der Waals surface area contributed by atoms with Crippen LogP contribution in [0.4, 0.5) is 11.5 Å². The van der Waals surface area contributed by atoms with Gasteiger partial charge in [0.25, 0.3) is 0 Å². The van der Waals surface area contributed by atoms with Crippen molar-refractivity contribution in [3.05, 3.63) is 385 Å². The molecule has 0 aliphatic rings. The number of nitrogens with one attached hydrogen (secondary N) is 3. The largest absolute Gasteiger partial charge is 0.0622 e. The van der Waals surface area contributed by atoms with Gasteiger partial charge in [0.15, 0.2) is 40.3 Å². The molecule has 0 saturated carbocycles. The third-order valence-corrected chi connectivity index (χ3v) is 27.7. The van der Waals surface area contributed by atoms with E-state index in [1.54, 1.807) is 80.0 Å². The summed E-state index contributed by atoms with van der Waals surface area (Å²) in [7, 11) is 13.5. The number of ether oxygens (including phenoxy) is 4. The second-order valence-corrected chi connectivity index (χ2v) is 39.5. The van der Waals surface area contributed by atoms with Gasteiger partial charge in [-0.25, -0.2) is 4.98 Å². The van der Waals surface area contributed by atoms with Crippen molar-refractivity contribution in [3.63, 3.8) is 0 Å². The molecule has 0 fully saturated rings. The number of aliphatic imine (C=N–C) groups is 1. The Hall–Kier alpha value is -13.1. The Morgan fingerprint density at radius 1 is 0.464 bits per heavy atom. The summed E-state index contributed by atoms with van der Waals surface area (Å²) in [5.41, 5.74) is 17.7. The zero-order valence-corrected chi connectivity index (χ0v) is 86.0. The molecule has 0 saturated heterocycles. The monoisotopic (exact) mass is 2130 g/mol. The number of fused-ring (bicyclic) bond motifs is 4. The van der Waals surface area contributed by atoms with E-state index in [1.165, 1.54) is 58.4 Å². The molecule has 0 aliphatic carbocycles. The summed E-state index contributed by atoms with van der Waals surface area (Å²) < 4.78 is 24.0. The molecule has 0 aliphatic heterocycles. The molecular weight excluding hydrogens is 2030 g/mol. The van der Waals surface area contributed by atoms with Crippen molar-refractivity contribution < 1.29 is 59.3 Å². The smallest absolute Gasteiger partial charge is 0.0134 e. The first kappa shape index (κ1) is 107. The fraction of sp³-hybridized carbons (Fsp3) is 0.153. The van der Waals surface area contributed by atoms with Crippen LogP contribution < -0.4 is 62.0 Å². The summed E-state index contributed by atoms with van der Waals surface area (Å²) in [5.74, 6) is 3.03. The Balaban J connectivity index is 0.000000161. The van der Waals surface area contributed by atoms with Crippen LogP contribution in [0.1, 0.15) is 115 Å². The molecule has 140 heavy (non-hydrogen) atoms. The number of benzene rings is 11. The Morgan fingerprint density at radius 2 is 0.807 bits per heavy atom. The van der Waals surface area contributed by atoms with Gasteiger partial charge in [-0.2, -0.15) is 10.3 Å². The van der Waals surface area contributed by atoms with E-state index in [0.717, 1.165) is 109 Å². The summed E-state index contributed by atoms with van der Waals surface area (Å²) in [6.45, 7) is 4.76. The first-order valence-corrected chi connectivity index (χ1v) is 53.2. The van der Waals surface area contributed by atoms with Crippen LogP contribution in [0, 0.1) is 16.1 Å². The number of unbranched alkanes of at least 4 members (excludes halogenated alkanes) is 4. The summed E-state index contributed by atoms with van der Waals surface area (Å²) >= 11 is 13.3. The summed E-state index contributed by atoms with van der Waals surface area (Å²) in [6, 6.07) is 108. The molecule has 20 nitrogen and oxygen atoms in total. The minimum absolute atomic E-state index is 0.0295. The summed E-state index contributed by atoms with van der Waals surface area (Å²) in [6.07, 6.45) is 18.8. The van der Waals surface area contributed by atoms with Crippen LogP contribution in [0.3, 0.4) is 0 Å². The Kier molecular flexibility index (Phi) is 44.1. The second kappa shape index (κ2) is 57.5. The van der Waals surface area contributed by atoms with E-state index in [-0.39, 0.29) is 33.3 Å². The molecule has 29 heteroatoms. The molecule has 7 heterocycles. The number of hydrogen-bond donors (Lipinski definition) is 6. The van der Waals surface area contributed by atoms with E-state index < -0.39 is 23.0 Å². The molecule has 714 valence electrons. The van der Waals surface area contributed by atoms with Gasteiger partial charge in [-0.05, 0) is 222 Å². The van der Waals surface area contributed by atoms with Crippen LogP contribution in [0.15, 0.2) is 362 Å². The zero-order valence-electron chi connectivity index (χ0n) is 78.0. The third-order valence-electron chi connectivity index (χ3n) is 21.9. The van der Waals surface area contributed by atoms with E-state index in [0.29, 0.717) is 99.1 Å². The predicted octanol–water partition coefficient (Wildman–Crippen LogP) is 24.6. The third kappa shape index (κ3) is 31.5. The van der Waals surface area contributed by atoms with Gasteiger partial charge >= 0.3 is 42.1 Å². The number of nitrogens with zero attached hydrogens (tertiary/aromatic N) is 7. The normalized spacial score (nSPS) is 10.5. The van der Waals surface area contributed by atoms with E-state index in [4.69, 9.17) is 71.3 Å². The minimum atomic E-state index is -1.38. The Bertz CT molecular complexity index is 6830. The van der Waals surface area contributed by atoms with E-state index >= 15 is 0 Å². The SMILES string of the molecule is CCCCCC(=O)c1cc2cc(-c3ccncc3)ccc2[nH]1.CCCCCC(=O)c1cc2cc(Br)ccc2[nH]1.COc1cc(C#N)c(N=C=S)cc1OC.COc1cc2nc(=S)n(CCCC(=O)c3cc4cc(-c5ccncc5)ccc4[nH]3)c(N)c2cc1OC.OB(O)c1ccncc1.[Cl][Pd][Cl].c1ccc(P(c2ccccc2)c2ccccc2)cc1.c1ccc(P(c2ccccc2)c2ccccc2)cc1. The molecule has 18 aromatic rings. The fourth-order valence-electron chi connectivity index (χ4n) is 14.9. The zero-order chi connectivity index (χ0) is 99.3. The van der Waals surface area contributed by atoms with Gasteiger partial charge in [-0.3, -0.25) is 29.3 Å². The summed E-state index contributed by atoms with van der Waals surface area (Å²) in [5, 5.41) is 40.4. The maximum atomic E-state index is 12.9. The molecule has 18 rings (SSSR count). The number of aromatic nitrogens is 8. The number of isothiocyanates is 1. The van der Waals surface area contributed by atoms with Crippen LogP contribution in [-0.4, -0.2) is 108 Å². The van der Waals surface area contributed by atoms with Crippen molar-refractivity contribution in [2.45, 2.75) is 84.6 Å². The van der Waals surface area contributed by atoms with Crippen molar-refractivity contribution in [2.75, 3.05) is 34.2 Å². The fourth-order valence-corrected chi connectivity index (χ4v) is 20.3. The first-order chi connectivity index (χ1) is 68.3. The van der Waals surface area contributed by atoms with Crippen LogP contribution in [0.5, 0.6) is 23.0 Å². The molecular formula is C111H105BBrCl2N11O9P2PdS2. The predicted molar refractivity (Wildman–Crippen MR) is 583 cm³/mol. The number of methoxy groups -OCH3 is 4. The molecule has 7 aromatic heterocycles. The maximum absolute atomic E-state index is 12.9. The number of carbonyl (C=O) groups is 3. The number of pyridine rings is 3.